The van der Waals surface area contributed by atoms with Gasteiger partial charge in [0.05, 0.1) is 12.0 Å². The highest BCUT2D eigenvalue weighted by Crippen LogP contribution is 2.34. The van der Waals surface area contributed by atoms with E-state index < -0.39 is 0 Å². The molecule has 0 unspecified atom stereocenters. The molecule has 2 nitrogen and oxygen atoms in total. The lowest BCUT2D eigenvalue weighted by Gasteiger charge is -2.29. The van der Waals surface area contributed by atoms with Gasteiger partial charge in [0.15, 0.2) is 0 Å². The van der Waals surface area contributed by atoms with E-state index >= 15 is 0 Å². The molecule has 0 heterocycles. The maximum atomic E-state index is 6.07. The van der Waals surface area contributed by atoms with Crippen LogP contribution in [0.25, 0.3) is 0 Å². The van der Waals surface area contributed by atoms with Crippen LogP contribution in [-0.2, 0) is 4.74 Å². The standard InChI is InChI=1S/C12H23NO/c1-8-14-10(12(5,6)7)9(13)11(2,3)4/h8H,1,13H2,2-7H3/b10-9-. The van der Waals surface area contributed by atoms with E-state index in [0.717, 1.165) is 11.5 Å². The summed E-state index contributed by atoms with van der Waals surface area (Å²) in [7, 11) is 0. The quantitative estimate of drug-likeness (QED) is 0.688. The van der Waals surface area contributed by atoms with Crippen LogP contribution in [0.1, 0.15) is 41.5 Å². The fourth-order valence-corrected chi connectivity index (χ4v) is 1.07. The zero-order valence-electron chi connectivity index (χ0n) is 10.3. The van der Waals surface area contributed by atoms with Gasteiger partial charge in [-0.2, -0.15) is 0 Å². The molecule has 0 saturated carbocycles. The Bertz CT molecular complexity index is 238. The molecule has 0 aromatic carbocycles. The first-order chi connectivity index (χ1) is 6.10. The van der Waals surface area contributed by atoms with Gasteiger partial charge >= 0.3 is 0 Å². The Morgan fingerprint density at radius 2 is 1.50 bits per heavy atom. The summed E-state index contributed by atoms with van der Waals surface area (Å²) in [6.07, 6.45) is 1.43. The normalized spacial score (nSPS) is 14.7. The second kappa shape index (κ2) is 4.07. The van der Waals surface area contributed by atoms with Gasteiger partial charge in [0.1, 0.15) is 5.76 Å². The molecular formula is C12H23NO. The fourth-order valence-electron chi connectivity index (χ4n) is 1.07. The molecule has 0 spiro atoms. The smallest absolute Gasteiger partial charge is 0.128 e. The van der Waals surface area contributed by atoms with Crippen molar-refractivity contribution in [3.05, 3.63) is 24.3 Å². The maximum absolute atomic E-state index is 6.07. The minimum absolute atomic E-state index is 0.0778. The summed E-state index contributed by atoms with van der Waals surface area (Å²) in [4.78, 5) is 0. The predicted molar refractivity (Wildman–Crippen MR) is 61.4 cm³/mol. The zero-order chi connectivity index (χ0) is 11.6. The van der Waals surface area contributed by atoms with Crippen molar-refractivity contribution in [2.24, 2.45) is 16.6 Å². The fraction of sp³-hybridized carbons (Fsp3) is 0.667. The number of rotatable bonds is 2. The lowest BCUT2D eigenvalue weighted by molar-refractivity contribution is 0.228. The monoisotopic (exact) mass is 197 g/mol. The first-order valence-corrected chi connectivity index (χ1v) is 4.89. The average Bonchev–Trinajstić information content (AvgIpc) is 1.94. The minimum atomic E-state index is -0.0917. The average molecular weight is 197 g/mol. The molecule has 0 fully saturated rings. The second-order valence-electron chi connectivity index (χ2n) is 5.53. The van der Waals surface area contributed by atoms with Crippen molar-refractivity contribution in [2.75, 3.05) is 0 Å². The van der Waals surface area contributed by atoms with E-state index in [-0.39, 0.29) is 10.8 Å². The Hall–Kier alpha value is -0.920. The van der Waals surface area contributed by atoms with Gasteiger partial charge in [-0.25, -0.2) is 0 Å². The van der Waals surface area contributed by atoms with Crippen LogP contribution in [0, 0.1) is 10.8 Å². The Morgan fingerprint density at radius 3 is 1.71 bits per heavy atom. The van der Waals surface area contributed by atoms with Crippen molar-refractivity contribution in [2.45, 2.75) is 41.5 Å². The molecule has 0 amide bonds. The summed E-state index contributed by atoms with van der Waals surface area (Å²) in [6.45, 7) is 16.0. The third-order valence-corrected chi connectivity index (χ3v) is 1.94. The van der Waals surface area contributed by atoms with Crippen LogP contribution in [0.5, 0.6) is 0 Å². The van der Waals surface area contributed by atoms with Crippen molar-refractivity contribution < 1.29 is 4.74 Å². The van der Waals surface area contributed by atoms with Gasteiger partial charge < -0.3 is 10.5 Å². The lowest BCUT2D eigenvalue weighted by atomic mass is 9.84. The molecule has 0 atom stereocenters. The Morgan fingerprint density at radius 1 is 1.07 bits per heavy atom. The highest BCUT2D eigenvalue weighted by molar-refractivity contribution is 5.17. The topological polar surface area (TPSA) is 35.2 Å². The predicted octanol–water partition coefficient (Wildman–Crippen LogP) is 3.41. The SMILES string of the molecule is C=CO/C(=C(\N)C(C)(C)C)C(C)(C)C. The van der Waals surface area contributed by atoms with Crippen LogP contribution in [0.4, 0.5) is 0 Å². The molecule has 0 aromatic heterocycles. The van der Waals surface area contributed by atoms with Crippen molar-refractivity contribution >= 4 is 0 Å². The van der Waals surface area contributed by atoms with E-state index in [4.69, 9.17) is 10.5 Å². The molecule has 0 saturated heterocycles. The molecule has 14 heavy (non-hydrogen) atoms. The summed E-state index contributed by atoms with van der Waals surface area (Å²) in [5, 5.41) is 0. The van der Waals surface area contributed by atoms with Crippen molar-refractivity contribution in [3.63, 3.8) is 0 Å². The summed E-state index contributed by atoms with van der Waals surface area (Å²) < 4.78 is 5.41. The number of allylic oxidation sites excluding steroid dienone is 2. The van der Waals surface area contributed by atoms with Crippen molar-refractivity contribution in [3.8, 4) is 0 Å². The Balaban J connectivity index is 5.27. The summed E-state index contributed by atoms with van der Waals surface area (Å²) >= 11 is 0. The van der Waals surface area contributed by atoms with E-state index in [1.807, 2.05) is 0 Å². The molecule has 0 aromatic rings. The first kappa shape index (κ1) is 13.1. The van der Waals surface area contributed by atoms with Gasteiger partial charge in [-0.05, 0) is 0 Å². The van der Waals surface area contributed by atoms with Crippen LogP contribution >= 0.6 is 0 Å². The van der Waals surface area contributed by atoms with E-state index in [0.29, 0.717) is 0 Å². The second-order valence-corrected chi connectivity index (χ2v) is 5.53. The molecular weight excluding hydrogens is 174 g/mol. The highest BCUT2D eigenvalue weighted by Gasteiger charge is 2.27. The van der Waals surface area contributed by atoms with Crippen LogP contribution in [-0.4, -0.2) is 0 Å². The van der Waals surface area contributed by atoms with Gasteiger partial charge in [-0.1, -0.05) is 48.1 Å². The van der Waals surface area contributed by atoms with Gasteiger partial charge in [-0.15, -0.1) is 0 Å². The first-order valence-electron chi connectivity index (χ1n) is 4.89. The Labute approximate surface area is 87.8 Å². The molecule has 0 aliphatic carbocycles. The minimum Gasteiger partial charge on any atom is -0.468 e. The largest absolute Gasteiger partial charge is 0.468 e. The third-order valence-electron chi connectivity index (χ3n) is 1.94. The van der Waals surface area contributed by atoms with E-state index in [1.54, 1.807) is 0 Å². The molecule has 0 rings (SSSR count). The summed E-state index contributed by atoms with van der Waals surface area (Å²) in [5.41, 5.74) is 6.69. The highest BCUT2D eigenvalue weighted by atomic mass is 16.5. The molecule has 82 valence electrons. The summed E-state index contributed by atoms with van der Waals surface area (Å²) in [5.74, 6) is 0.806. The van der Waals surface area contributed by atoms with E-state index in [9.17, 15) is 0 Å². The van der Waals surface area contributed by atoms with Gasteiger partial charge in [0.2, 0.25) is 0 Å². The number of hydrogen-bond donors (Lipinski definition) is 1. The van der Waals surface area contributed by atoms with Crippen LogP contribution in [0.2, 0.25) is 0 Å². The van der Waals surface area contributed by atoms with Crippen molar-refractivity contribution in [1.29, 1.82) is 0 Å². The van der Waals surface area contributed by atoms with Crippen molar-refractivity contribution in [1.82, 2.24) is 0 Å². The molecule has 0 aliphatic rings. The Kier molecular flexibility index (Phi) is 3.81. The zero-order valence-corrected chi connectivity index (χ0v) is 10.3. The number of hydrogen-bond acceptors (Lipinski definition) is 2. The van der Waals surface area contributed by atoms with Gasteiger partial charge in [0.25, 0.3) is 0 Å². The molecule has 0 radical (unpaired) electrons. The van der Waals surface area contributed by atoms with Gasteiger partial charge in [-0.3, -0.25) is 0 Å². The number of ether oxygens (including phenoxy) is 1. The van der Waals surface area contributed by atoms with Crippen LogP contribution < -0.4 is 5.73 Å². The lowest BCUT2D eigenvalue weighted by Crippen LogP contribution is -2.25. The van der Waals surface area contributed by atoms with E-state index in [1.165, 1.54) is 6.26 Å². The number of nitrogens with two attached hydrogens (primary N) is 1. The van der Waals surface area contributed by atoms with E-state index in [2.05, 4.69) is 48.1 Å². The molecule has 2 N–H and O–H groups in total. The van der Waals surface area contributed by atoms with Crippen LogP contribution in [0.3, 0.4) is 0 Å². The molecule has 0 aliphatic heterocycles. The molecule has 0 bridgehead atoms. The summed E-state index contributed by atoms with van der Waals surface area (Å²) in [6, 6.07) is 0. The molecule has 2 heteroatoms. The third kappa shape index (κ3) is 3.44. The van der Waals surface area contributed by atoms with Crippen LogP contribution in [0.15, 0.2) is 24.3 Å². The van der Waals surface area contributed by atoms with Gasteiger partial charge in [0, 0.05) is 10.8 Å². The maximum Gasteiger partial charge on any atom is 0.128 e.